The minimum Gasteiger partial charge on any atom is -0.490 e. The standard InChI is InChI=1S/C13H16ClNO3/c14-9-13(16)15-5-4-10-2-3-11-12(8-10)18-7-1-6-17-11/h2-3,8H,1,4-7,9H2,(H,15,16). The monoisotopic (exact) mass is 269 g/mol. The molecule has 0 aliphatic carbocycles. The fourth-order valence-corrected chi connectivity index (χ4v) is 1.85. The minimum atomic E-state index is -0.147. The summed E-state index contributed by atoms with van der Waals surface area (Å²) in [4.78, 5) is 11.0. The van der Waals surface area contributed by atoms with E-state index in [-0.39, 0.29) is 11.8 Å². The van der Waals surface area contributed by atoms with Gasteiger partial charge in [-0.1, -0.05) is 6.07 Å². The molecule has 0 radical (unpaired) electrons. The second kappa shape index (κ2) is 6.50. The summed E-state index contributed by atoms with van der Waals surface area (Å²) in [5.74, 6) is 1.43. The molecule has 4 nitrogen and oxygen atoms in total. The highest BCUT2D eigenvalue weighted by Crippen LogP contribution is 2.30. The maximum absolute atomic E-state index is 11.0. The van der Waals surface area contributed by atoms with Gasteiger partial charge in [0.15, 0.2) is 11.5 Å². The van der Waals surface area contributed by atoms with E-state index < -0.39 is 0 Å². The van der Waals surface area contributed by atoms with Crippen LogP contribution in [0.4, 0.5) is 0 Å². The number of hydrogen-bond acceptors (Lipinski definition) is 3. The van der Waals surface area contributed by atoms with Gasteiger partial charge in [-0.15, -0.1) is 11.6 Å². The smallest absolute Gasteiger partial charge is 0.234 e. The molecule has 0 unspecified atom stereocenters. The quantitative estimate of drug-likeness (QED) is 0.847. The van der Waals surface area contributed by atoms with Crippen molar-refractivity contribution in [2.24, 2.45) is 0 Å². The third kappa shape index (κ3) is 3.53. The van der Waals surface area contributed by atoms with Crippen LogP contribution in [0.25, 0.3) is 0 Å². The van der Waals surface area contributed by atoms with E-state index in [0.717, 1.165) is 29.9 Å². The molecule has 0 spiro atoms. The van der Waals surface area contributed by atoms with Crippen molar-refractivity contribution in [3.8, 4) is 11.5 Å². The van der Waals surface area contributed by atoms with E-state index in [1.54, 1.807) is 0 Å². The number of rotatable bonds is 4. The zero-order valence-corrected chi connectivity index (χ0v) is 10.8. The number of alkyl halides is 1. The van der Waals surface area contributed by atoms with Crippen LogP contribution in [0.15, 0.2) is 18.2 Å². The highest BCUT2D eigenvalue weighted by molar-refractivity contribution is 6.27. The summed E-state index contributed by atoms with van der Waals surface area (Å²) in [6.07, 6.45) is 1.65. The summed E-state index contributed by atoms with van der Waals surface area (Å²) in [5, 5.41) is 2.73. The van der Waals surface area contributed by atoms with Gasteiger partial charge in [0, 0.05) is 13.0 Å². The molecule has 1 aromatic rings. The van der Waals surface area contributed by atoms with E-state index >= 15 is 0 Å². The van der Waals surface area contributed by atoms with Gasteiger partial charge in [-0.2, -0.15) is 0 Å². The second-order valence-electron chi connectivity index (χ2n) is 4.07. The van der Waals surface area contributed by atoms with Crippen molar-refractivity contribution in [2.45, 2.75) is 12.8 Å². The molecule has 1 heterocycles. The van der Waals surface area contributed by atoms with Gasteiger partial charge in [0.2, 0.25) is 5.91 Å². The first-order valence-corrected chi connectivity index (χ1v) is 6.54. The largest absolute Gasteiger partial charge is 0.490 e. The minimum absolute atomic E-state index is 0.00113. The van der Waals surface area contributed by atoms with Gasteiger partial charge in [0.1, 0.15) is 5.88 Å². The van der Waals surface area contributed by atoms with Crippen molar-refractivity contribution in [3.05, 3.63) is 23.8 Å². The Bertz CT molecular complexity index is 423. The highest BCUT2D eigenvalue weighted by Gasteiger charge is 2.10. The Labute approximate surface area is 111 Å². The van der Waals surface area contributed by atoms with Crippen LogP contribution in [0.1, 0.15) is 12.0 Å². The number of fused-ring (bicyclic) bond motifs is 1. The Morgan fingerprint density at radius 3 is 2.83 bits per heavy atom. The summed E-state index contributed by atoms with van der Waals surface area (Å²) in [7, 11) is 0. The molecule has 0 saturated carbocycles. The Kier molecular flexibility index (Phi) is 4.70. The average Bonchev–Trinajstić information content (AvgIpc) is 2.63. The molecule has 1 aliphatic rings. The second-order valence-corrected chi connectivity index (χ2v) is 4.33. The van der Waals surface area contributed by atoms with Gasteiger partial charge in [0.25, 0.3) is 0 Å². The fourth-order valence-electron chi connectivity index (χ4n) is 1.76. The van der Waals surface area contributed by atoms with Gasteiger partial charge >= 0.3 is 0 Å². The lowest BCUT2D eigenvalue weighted by Crippen LogP contribution is -2.26. The summed E-state index contributed by atoms with van der Waals surface area (Å²) in [5.41, 5.74) is 1.11. The summed E-state index contributed by atoms with van der Waals surface area (Å²) >= 11 is 5.40. The normalized spacial score (nSPS) is 13.8. The van der Waals surface area contributed by atoms with Crippen LogP contribution in [0.5, 0.6) is 11.5 Å². The lowest BCUT2D eigenvalue weighted by atomic mass is 10.1. The first-order chi connectivity index (χ1) is 8.79. The molecule has 0 atom stereocenters. The number of benzene rings is 1. The zero-order valence-electron chi connectivity index (χ0n) is 10.1. The molecule has 18 heavy (non-hydrogen) atoms. The van der Waals surface area contributed by atoms with E-state index in [9.17, 15) is 4.79 Å². The maximum Gasteiger partial charge on any atom is 0.234 e. The third-order valence-corrected chi connectivity index (χ3v) is 2.91. The first-order valence-electron chi connectivity index (χ1n) is 6.01. The van der Waals surface area contributed by atoms with Crippen LogP contribution in [0.2, 0.25) is 0 Å². The Morgan fingerprint density at radius 2 is 2.06 bits per heavy atom. The molecule has 5 heteroatoms. The van der Waals surface area contributed by atoms with E-state index in [0.29, 0.717) is 19.8 Å². The van der Waals surface area contributed by atoms with Crippen molar-refractivity contribution < 1.29 is 14.3 Å². The van der Waals surface area contributed by atoms with E-state index in [4.69, 9.17) is 21.1 Å². The van der Waals surface area contributed by atoms with E-state index in [1.807, 2.05) is 18.2 Å². The highest BCUT2D eigenvalue weighted by atomic mass is 35.5. The number of nitrogens with one attached hydrogen (secondary N) is 1. The van der Waals surface area contributed by atoms with Crippen molar-refractivity contribution in [1.82, 2.24) is 5.32 Å². The summed E-state index contributed by atoms with van der Waals surface area (Å²) in [6, 6.07) is 5.87. The number of halogens is 1. The van der Waals surface area contributed by atoms with Crippen molar-refractivity contribution in [1.29, 1.82) is 0 Å². The Balaban J connectivity index is 1.93. The predicted octanol–water partition coefficient (Wildman–Crippen LogP) is 1.75. The Hall–Kier alpha value is -1.42. The van der Waals surface area contributed by atoms with Crippen LogP contribution in [0, 0.1) is 0 Å². The molecule has 2 rings (SSSR count). The van der Waals surface area contributed by atoms with Crippen LogP contribution >= 0.6 is 11.6 Å². The molecule has 1 aliphatic heterocycles. The predicted molar refractivity (Wildman–Crippen MR) is 69.5 cm³/mol. The van der Waals surface area contributed by atoms with Gasteiger partial charge < -0.3 is 14.8 Å². The molecule has 98 valence electrons. The molecule has 0 aromatic heterocycles. The zero-order chi connectivity index (χ0) is 12.8. The van der Waals surface area contributed by atoms with E-state index in [1.165, 1.54) is 0 Å². The van der Waals surface area contributed by atoms with Crippen molar-refractivity contribution in [2.75, 3.05) is 25.6 Å². The molecular weight excluding hydrogens is 254 g/mol. The molecule has 0 fully saturated rings. The number of carbonyl (C=O) groups excluding carboxylic acids is 1. The third-order valence-electron chi connectivity index (χ3n) is 2.67. The Morgan fingerprint density at radius 1 is 1.28 bits per heavy atom. The molecule has 0 saturated heterocycles. The topological polar surface area (TPSA) is 47.6 Å². The summed E-state index contributed by atoms with van der Waals surface area (Å²) < 4.78 is 11.2. The SMILES string of the molecule is O=C(CCl)NCCc1ccc2c(c1)OCCCO2. The fraction of sp³-hybridized carbons (Fsp3) is 0.462. The maximum atomic E-state index is 11.0. The van der Waals surface area contributed by atoms with Gasteiger partial charge in [-0.05, 0) is 24.1 Å². The molecule has 1 aromatic carbocycles. The van der Waals surface area contributed by atoms with Gasteiger partial charge in [-0.3, -0.25) is 4.79 Å². The average molecular weight is 270 g/mol. The molecule has 1 amide bonds. The number of amides is 1. The van der Waals surface area contributed by atoms with Crippen LogP contribution < -0.4 is 14.8 Å². The molecule has 1 N–H and O–H groups in total. The first kappa shape index (κ1) is 13.0. The lowest BCUT2D eigenvalue weighted by molar-refractivity contribution is -0.118. The van der Waals surface area contributed by atoms with Crippen LogP contribution in [0.3, 0.4) is 0 Å². The van der Waals surface area contributed by atoms with Gasteiger partial charge in [-0.25, -0.2) is 0 Å². The number of hydrogen-bond donors (Lipinski definition) is 1. The van der Waals surface area contributed by atoms with Gasteiger partial charge in [0.05, 0.1) is 13.2 Å². The van der Waals surface area contributed by atoms with E-state index in [2.05, 4.69) is 5.32 Å². The van der Waals surface area contributed by atoms with Crippen LogP contribution in [-0.2, 0) is 11.2 Å². The number of ether oxygens (including phenoxy) is 2. The molecule has 0 bridgehead atoms. The number of carbonyl (C=O) groups is 1. The van der Waals surface area contributed by atoms with Crippen molar-refractivity contribution in [3.63, 3.8) is 0 Å². The molecular formula is C13H16ClNO3. The van der Waals surface area contributed by atoms with Crippen LogP contribution in [-0.4, -0.2) is 31.5 Å². The lowest BCUT2D eigenvalue weighted by Gasteiger charge is -2.09. The summed E-state index contributed by atoms with van der Waals surface area (Å²) in [6.45, 7) is 1.95. The van der Waals surface area contributed by atoms with Crippen molar-refractivity contribution >= 4 is 17.5 Å².